The minimum absolute atomic E-state index is 0.0148. The van der Waals surface area contributed by atoms with Crippen LogP contribution in [0.2, 0.25) is 0 Å². The number of rotatable bonds is 6. The maximum atomic E-state index is 12.6. The van der Waals surface area contributed by atoms with E-state index in [1.54, 1.807) is 17.4 Å². The summed E-state index contributed by atoms with van der Waals surface area (Å²) >= 11 is 1.55. The Bertz CT molecular complexity index is 1200. The number of likely N-dealkylation sites (N-methyl/N-ethyl adjacent to an activating group) is 1. The van der Waals surface area contributed by atoms with Crippen LogP contribution in [0.4, 0.5) is 0 Å². The van der Waals surface area contributed by atoms with Crippen molar-refractivity contribution in [1.82, 2.24) is 20.1 Å². The van der Waals surface area contributed by atoms with Crippen molar-refractivity contribution in [2.45, 2.75) is 59.5 Å². The van der Waals surface area contributed by atoms with Crippen LogP contribution in [-0.4, -0.2) is 59.3 Å². The number of nitrogens with two attached hydrogens (primary N) is 2. The maximum absolute atomic E-state index is 12.6. The number of benzene rings is 1. The Morgan fingerprint density at radius 1 is 1.24 bits per heavy atom. The zero-order chi connectivity index (χ0) is 28.0. The van der Waals surface area contributed by atoms with Crippen molar-refractivity contribution >= 4 is 29.2 Å². The summed E-state index contributed by atoms with van der Waals surface area (Å²) in [4.78, 5) is 33.8. The fourth-order valence-corrected chi connectivity index (χ4v) is 5.63. The van der Waals surface area contributed by atoms with Gasteiger partial charge in [0.1, 0.15) is 0 Å². The molecule has 0 saturated carbocycles. The van der Waals surface area contributed by atoms with Crippen molar-refractivity contribution in [1.29, 1.82) is 0 Å². The van der Waals surface area contributed by atoms with E-state index in [1.165, 1.54) is 10.6 Å². The SMILES string of the molecule is C=C(C(C)C)N1CCC[C@H](NC(=O)c2nc3c(s2)CN(C)CC3)C1.Cc1ccc(C)c(/C=C(\N)C(N)=O)c1. The third kappa shape index (κ3) is 7.91. The van der Waals surface area contributed by atoms with Gasteiger partial charge in [-0.1, -0.05) is 44.2 Å². The third-order valence-corrected chi connectivity index (χ3v) is 8.06. The summed E-state index contributed by atoms with van der Waals surface area (Å²) in [5.41, 5.74) is 16.0. The highest BCUT2D eigenvalue weighted by Crippen LogP contribution is 2.25. The minimum Gasteiger partial charge on any atom is -0.394 e. The van der Waals surface area contributed by atoms with Gasteiger partial charge in [-0.05, 0) is 56.9 Å². The number of hydrogen-bond acceptors (Lipinski definition) is 7. The summed E-state index contributed by atoms with van der Waals surface area (Å²) in [6.07, 6.45) is 4.67. The molecule has 2 amide bonds. The molecule has 1 saturated heterocycles. The Balaban J connectivity index is 0.000000244. The lowest BCUT2D eigenvalue weighted by Crippen LogP contribution is -2.47. The molecule has 0 aliphatic carbocycles. The highest BCUT2D eigenvalue weighted by molar-refractivity contribution is 7.13. The van der Waals surface area contributed by atoms with E-state index in [1.807, 2.05) is 32.0 Å². The largest absolute Gasteiger partial charge is 0.394 e. The van der Waals surface area contributed by atoms with Crippen LogP contribution in [0.5, 0.6) is 0 Å². The highest BCUT2D eigenvalue weighted by atomic mass is 32.1. The summed E-state index contributed by atoms with van der Waals surface area (Å²) in [6.45, 7) is 16.3. The molecule has 206 valence electrons. The number of carbonyl (C=O) groups excluding carboxylic acids is 2. The number of primary amides is 1. The Hall–Kier alpha value is -3.17. The van der Waals surface area contributed by atoms with Crippen LogP contribution in [0.1, 0.15) is 63.8 Å². The number of likely N-dealkylation sites (tertiary alicyclic amines) is 1. The molecule has 1 aromatic carbocycles. The Kier molecular flexibility index (Phi) is 10.1. The zero-order valence-corrected chi connectivity index (χ0v) is 24.2. The second-order valence-corrected chi connectivity index (χ2v) is 11.7. The first kappa shape index (κ1) is 29.4. The molecule has 0 bridgehead atoms. The molecule has 0 radical (unpaired) electrons. The van der Waals surface area contributed by atoms with Crippen molar-refractivity contribution in [3.05, 3.63) is 68.4 Å². The van der Waals surface area contributed by atoms with Crippen LogP contribution in [0.3, 0.4) is 0 Å². The fourth-order valence-electron chi connectivity index (χ4n) is 4.54. The second kappa shape index (κ2) is 13.1. The molecular formula is C29H42N6O2S. The van der Waals surface area contributed by atoms with Gasteiger partial charge in [-0.15, -0.1) is 11.3 Å². The number of allylic oxidation sites excluding steroid dienone is 1. The number of hydrogen-bond donors (Lipinski definition) is 3. The monoisotopic (exact) mass is 538 g/mol. The molecule has 1 fully saturated rings. The Morgan fingerprint density at radius 3 is 2.66 bits per heavy atom. The van der Waals surface area contributed by atoms with Gasteiger partial charge in [0, 0.05) is 49.2 Å². The first-order valence-electron chi connectivity index (χ1n) is 13.2. The normalized spacial score (nSPS) is 17.9. The highest BCUT2D eigenvalue weighted by Gasteiger charge is 2.26. The van der Waals surface area contributed by atoms with E-state index < -0.39 is 5.91 Å². The van der Waals surface area contributed by atoms with Gasteiger partial charge in [0.15, 0.2) is 5.01 Å². The van der Waals surface area contributed by atoms with Crippen LogP contribution in [0, 0.1) is 19.8 Å². The predicted octanol–water partition coefficient (Wildman–Crippen LogP) is 3.58. The van der Waals surface area contributed by atoms with Gasteiger partial charge in [-0.2, -0.15) is 0 Å². The van der Waals surface area contributed by atoms with Crippen LogP contribution in [0.25, 0.3) is 6.08 Å². The number of aromatic nitrogens is 1. The minimum atomic E-state index is -0.592. The van der Waals surface area contributed by atoms with E-state index in [9.17, 15) is 9.59 Å². The van der Waals surface area contributed by atoms with Crippen molar-refractivity contribution in [3.8, 4) is 0 Å². The Morgan fingerprint density at radius 2 is 1.97 bits per heavy atom. The number of fused-ring (bicyclic) bond motifs is 1. The molecule has 1 aromatic heterocycles. The fraction of sp³-hybridized carbons (Fsp3) is 0.483. The van der Waals surface area contributed by atoms with Crippen molar-refractivity contribution in [2.75, 3.05) is 26.7 Å². The van der Waals surface area contributed by atoms with Crippen LogP contribution >= 0.6 is 11.3 Å². The van der Waals surface area contributed by atoms with Gasteiger partial charge in [0.05, 0.1) is 11.4 Å². The van der Waals surface area contributed by atoms with Gasteiger partial charge < -0.3 is 26.6 Å². The number of thiazole rings is 1. The number of nitrogens with one attached hydrogen (secondary N) is 1. The number of aryl methyl sites for hydroxylation is 2. The van der Waals surface area contributed by atoms with Gasteiger partial charge >= 0.3 is 0 Å². The molecule has 8 nitrogen and oxygen atoms in total. The molecule has 1 atom stereocenters. The molecular weight excluding hydrogens is 496 g/mol. The molecule has 2 aromatic rings. The summed E-state index contributed by atoms with van der Waals surface area (Å²) in [6, 6.07) is 6.14. The smallest absolute Gasteiger partial charge is 0.280 e. The average Bonchev–Trinajstić information content (AvgIpc) is 3.29. The zero-order valence-electron chi connectivity index (χ0n) is 23.3. The summed E-state index contributed by atoms with van der Waals surface area (Å²) in [5, 5.41) is 3.81. The molecule has 4 rings (SSSR count). The lowest BCUT2D eigenvalue weighted by Gasteiger charge is -2.37. The van der Waals surface area contributed by atoms with E-state index >= 15 is 0 Å². The van der Waals surface area contributed by atoms with E-state index in [4.69, 9.17) is 11.5 Å². The van der Waals surface area contributed by atoms with E-state index in [2.05, 4.69) is 47.6 Å². The van der Waals surface area contributed by atoms with Gasteiger partial charge in [0.2, 0.25) is 0 Å². The van der Waals surface area contributed by atoms with E-state index in [0.717, 1.165) is 67.8 Å². The molecule has 0 spiro atoms. The molecule has 38 heavy (non-hydrogen) atoms. The topological polar surface area (TPSA) is 118 Å². The molecule has 0 unspecified atom stereocenters. The van der Waals surface area contributed by atoms with Crippen LogP contribution in [-0.2, 0) is 17.8 Å². The quantitative estimate of drug-likeness (QED) is 0.484. The summed E-state index contributed by atoms with van der Waals surface area (Å²) in [5.74, 6) is -0.160. The van der Waals surface area contributed by atoms with Gasteiger partial charge in [0.25, 0.3) is 11.8 Å². The molecule has 2 aliphatic heterocycles. The van der Waals surface area contributed by atoms with Crippen molar-refractivity contribution in [3.63, 3.8) is 0 Å². The lowest BCUT2D eigenvalue weighted by atomic mass is 10.0. The lowest BCUT2D eigenvalue weighted by molar-refractivity contribution is -0.114. The first-order valence-corrected chi connectivity index (χ1v) is 14.0. The van der Waals surface area contributed by atoms with Crippen LogP contribution in [0.15, 0.2) is 36.2 Å². The third-order valence-electron chi connectivity index (χ3n) is 6.98. The molecule has 9 heteroatoms. The standard InChI is InChI=1S/C18H28N4OS.C11H14N2O/c1-12(2)13(3)22-8-5-6-14(10-22)19-17(23)18-20-15-7-9-21(4)11-16(15)24-18;1-7-3-4-8(2)9(5-7)6-10(12)11(13)14/h12,14H,3,5-11H2,1-2,4H3,(H,19,23);3-6H,12H2,1-2H3,(H2,13,14)/b;10-6-/t14-;/m0./s1. The average molecular weight is 539 g/mol. The number of piperidine rings is 1. The maximum Gasteiger partial charge on any atom is 0.280 e. The van der Waals surface area contributed by atoms with Crippen LogP contribution < -0.4 is 16.8 Å². The molecule has 5 N–H and O–H groups in total. The van der Waals surface area contributed by atoms with E-state index in [-0.39, 0.29) is 17.6 Å². The summed E-state index contributed by atoms with van der Waals surface area (Å²) in [7, 11) is 2.11. The Labute approximate surface area is 230 Å². The summed E-state index contributed by atoms with van der Waals surface area (Å²) < 4.78 is 0. The molecule has 3 heterocycles. The van der Waals surface area contributed by atoms with E-state index in [0.29, 0.717) is 10.9 Å². The number of nitrogens with zero attached hydrogens (tertiary/aromatic N) is 3. The predicted molar refractivity (Wildman–Crippen MR) is 155 cm³/mol. The van der Waals surface area contributed by atoms with Crippen molar-refractivity contribution in [2.24, 2.45) is 17.4 Å². The van der Waals surface area contributed by atoms with Gasteiger partial charge in [-0.25, -0.2) is 4.98 Å². The second-order valence-electron chi connectivity index (χ2n) is 10.6. The van der Waals surface area contributed by atoms with Gasteiger partial charge in [-0.3, -0.25) is 9.59 Å². The number of amides is 2. The first-order chi connectivity index (χ1) is 17.9. The molecule has 2 aliphatic rings. The van der Waals surface area contributed by atoms with Crippen molar-refractivity contribution < 1.29 is 9.59 Å². The number of carbonyl (C=O) groups is 2.